The number of aromatic nitrogens is 1. The second-order valence-electron chi connectivity index (χ2n) is 4.82. The van der Waals surface area contributed by atoms with Crippen LogP contribution in [0.5, 0.6) is 0 Å². The van der Waals surface area contributed by atoms with E-state index in [0.29, 0.717) is 5.13 Å². The van der Waals surface area contributed by atoms with Gasteiger partial charge in [-0.1, -0.05) is 48.5 Å². The van der Waals surface area contributed by atoms with E-state index in [-0.39, 0.29) is 11.1 Å². The Kier molecular flexibility index (Phi) is 4.53. The number of thiazole rings is 1. The monoisotopic (exact) mass is 338 g/mol. The zero-order chi connectivity index (χ0) is 16.9. The average Bonchev–Trinajstić information content (AvgIpc) is 3.09. The summed E-state index contributed by atoms with van der Waals surface area (Å²) in [5, 5.41) is 13.4. The molecule has 0 radical (unpaired) electrons. The maximum Gasteiger partial charge on any atom is 0.270 e. The molecule has 0 fully saturated rings. The lowest BCUT2D eigenvalue weighted by Gasteiger charge is -2.10. The highest BCUT2D eigenvalue weighted by Gasteiger charge is 2.12. The van der Waals surface area contributed by atoms with Crippen molar-refractivity contribution in [2.75, 3.05) is 5.43 Å². The van der Waals surface area contributed by atoms with Gasteiger partial charge in [0.2, 0.25) is 5.13 Å². The van der Waals surface area contributed by atoms with Crippen molar-refractivity contribution in [2.45, 2.75) is 0 Å². The van der Waals surface area contributed by atoms with Crippen LogP contribution in [0.3, 0.4) is 0 Å². The number of hydrogen-bond donors (Lipinski definition) is 2. The molecule has 0 aliphatic rings. The fourth-order valence-corrected chi connectivity index (χ4v) is 2.78. The van der Waals surface area contributed by atoms with E-state index in [1.54, 1.807) is 6.07 Å². The number of benzene rings is 2. The van der Waals surface area contributed by atoms with Gasteiger partial charge in [0.15, 0.2) is 0 Å². The maximum absolute atomic E-state index is 12.1. The Bertz CT molecular complexity index is 878. The number of anilines is 1. The highest BCUT2D eigenvalue weighted by Crippen LogP contribution is 2.24. The van der Waals surface area contributed by atoms with Crippen molar-refractivity contribution < 1.29 is 14.7 Å². The van der Waals surface area contributed by atoms with Crippen LogP contribution < -0.4 is 16.0 Å². The molecule has 2 aromatic carbocycles. The standard InChI is InChI=1S/C17H13N3O3S/c21-15(12-8-4-5-9-13(12)16(22)23)19-20-17-18-14(10-24-17)11-6-2-1-3-7-11/h1-10H,(H,18,20)(H,19,21)(H,22,23)/p-1. The van der Waals surface area contributed by atoms with Crippen molar-refractivity contribution in [1.29, 1.82) is 0 Å². The quantitative estimate of drug-likeness (QED) is 0.693. The van der Waals surface area contributed by atoms with E-state index in [4.69, 9.17) is 0 Å². The van der Waals surface area contributed by atoms with Crippen LogP contribution in [0.15, 0.2) is 60.0 Å². The van der Waals surface area contributed by atoms with Gasteiger partial charge in [-0.3, -0.25) is 15.6 Å². The summed E-state index contributed by atoms with van der Waals surface area (Å²) in [5.74, 6) is -1.98. The number of carbonyl (C=O) groups is 2. The summed E-state index contributed by atoms with van der Waals surface area (Å²) in [6.45, 7) is 0. The van der Waals surface area contributed by atoms with Gasteiger partial charge in [0.25, 0.3) is 5.91 Å². The van der Waals surface area contributed by atoms with E-state index in [0.717, 1.165) is 11.3 Å². The predicted molar refractivity (Wildman–Crippen MR) is 89.4 cm³/mol. The lowest BCUT2D eigenvalue weighted by atomic mass is 10.1. The molecule has 0 saturated heterocycles. The molecule has 0 saturated carbocycles. The van der Waals surface area contributed by atoms with Crippen LogP contribution in [0.4, 0.5) is 5.13 Å². The zero-order valence-corrected chi connectivity index (χ0v) is 13.2. The number of hydrogen-bond acceptors (Lipinski definition) is 6. The van der Waals surface area contributed by atoms with Crippen molar-refractivity contribution >= 4 is 28.3 Å². The first-order valence-electron chi connectivity index (χ1n) is 7.03. The molecule has 120 valence electrons. The Morgan fingerprint density at radius 1 is 0.958 bits per heavy atom. The summed E-state index contributed by atoms with van der Waals surface area (Å²) in [6.07, 6.45) is 0. The molecule has 0 atom stereocenters. The smallest absolute Gasteiger partial charge is 0.270 e. The van der Waals surface area contributed by atoms with Crippen LogP contribution in [-0.4, -0.2) is 16.9 Å². The van der Waals surface area contributed by atoms with Crippen molar-refractivity contribution in [3.8, 4) is 11.3 Å². The largest absolute Gasteiger partial charge is 0.545 e. The first-order chi connectivity index (χ1) is 11.6. The highest BCUT2D eigenvalue weighted by molar-refractivity contribution is 7.14. The normalized spacial score (nSPS) is 10.2. The zero-order valence-electron chi connectivity index (χ0n) is 12.4. The molecule has 1 aromatic heterocycles. The molecule has 0 aliphatic carbocycles. The van der Waals surface area contributed by atoms with Crippen LogP contribution >= 0.6 is 11.3 Å². The number of carboxylic acid groups (broad SMARTS) is 1. The van der Waals surface area contributed by atoms with Crippen LogP contribution in [-0.2, 0) is 0 Å². The van der Waals surface area contributed by atoms with Gasteiger partial charge in [0.05, 0.1) is 17.2 Å². The lowest BCUT2D eigenvalue weighted by Crippen LogP contribution is -2.32. The second-order valence-corrected chi connectivity index (χ2v) is 5.67. The lowest BCUT2D eigenvalue weighted by molar-refractivity contribution is -0.255. The fraction of sp³-hybridized carbons (Fsp3) is 0. The third-order valence-corrected chi connectivity index (χ3v) is 4.01. The maximum atomic E-state index is 12.1. The molecule has 0 bridgehead atoms. The number of carbonyl (C=O) groups excluding carboxylic acids is 2. The van der Waals surface area contributed by atoms with Gasteiger partial charge in [-0.05, 0) is 6.07 Å². The minimum Gasteiger partial charge on any atom is -0.545 e. The molecule has 0 aliphatic heterocycles. The predicted octanol–water partition coefficient (Wildman–Crippen LogP) is 1.93. The van der Waals surface area contributed by atoms with Gasteiger partial charge in [0.1, 0.15) is 0 Å². The first kappa shape index (κ1) is 15.7. The molecule has 3 aromatic rings. The van der Waals surface area contributed by atoms with E-state index < -0.39 is 11.9 Å². The molecule has 24 heavy (non-hydrogen) atoms. The number of carboxylic acids is 1. The van der Waals surface area contributed by atoms with Crippen LogP contribution in [0.2, 0.25) is 0 Å². The van der Waals surface area contributed by atoms with Gasteiger partial charge in [-0.25, -0.2) is 4.98 Å². The topological polar surface area (TPSA) is 94.1 Å². The summed E-state index contributed by atoms with van der Waals surface area (Å²) in [7, 11) is 0. The van der Waals surface area contributed by atoms with Gasteiger partial charge < -0.3 is 9.90 Å². The Balaban J connectivity index is 1.70. The third-order valence-electron chi connectivity index (χ3n) is 3.25. The Labute approximate surface area is 141 Å². The fourth-order valence-electron chi connectivity index (χ4n) is 2.11. The average molecular weight is 338 g/mol. The first-order valence-corrected chi connectivity index (χ1v) is 7.91. The van der Waals surface area contributed by atoms with Crippen molar-refractivity contribution in [1.82, 2.24) is 10.4 Å². The summed E-state index contributed by atoms with van der Waals surface area (Å²) in [4.78, 5) is 27.5. The van der Waals surface area contributed by atoms with E-state index in [1.807, 2.05) is 35.7 Å². The number of nitrogens with one attached hydrogen (secondary N) is 2. The summed E-state index contributed by atoms with van der Waals surface area (Å²) in [5.41, 5.74) is 6.74. The summed E-state index contributed by atoms with van der Waals surface area (Å²) < 4.78 is 0. The van der Waals surface area contributed by atoms with Crippen molar-refractivity contribution in [2.24, 2.45) is 0 Å². The molecule has 2 N–H and O–H groups in total. The van der Waals surface area contributed by atoms with E-state index in [2.05, 4.69) is 15.8 Å². The van der Waals surface area contributed by atoms with Gasteiger partial charge in [0, 0.05) is 16.5 Å². The van der Waals surface area contributed by atoms with E-state index >= 15 is 0 Å². The second kappa shape index (κ2) is 6.93. The van der Waals surface area contributed by atoms with Crippen LogP contribution in [0.25, 0.3) is 11.3 Å². The minimum atomic E-state index is -1.40. The number of aromatic carboxylic acids is 1. The van der Waals surface area contributed by atoms with Gasteiger partial charge >= 0.3 is 0 Å². The molecule has 1 amide bonds. The number of amides is 1. The molecule has 7 heteroatoms. The SMILES string of the molecule is O=C([O-])c1ccccc1C(=O)NNc1nc(-c2ccccc2)cs1. The highest BCUT2D eigenvalue weighted by atomic mass is 32.1. The molecule has 6 nitrogen and oxygen atoms in total. The number of rotatable bonds is 5. The summed E-state index contributed by atoms with van der Waals surface area (Å²) >= 11 is 1.33. The Morgan fingerprint density at radius 3 is 2.33 bits per heavy atom. The minimum absolute atomic E-state index is 0.0184. The molecule has 1 heterocycles. The van der Waals surface area contributed by atoms with Gasteiger partial charge in [-0.15, -0.1) is 11.3 Å². The summed E-state index contributed by atoms with van der Waals surface area (Å²) in [6, 6.07) is 15.5. The third kappa shape index (κ3) is 3.41. The van der Waals surface area contributed by atoms with Crippen molar-refractivity contribution in [3.63, 3.8) is 0 Å². The number of nitrogens with zero attached hydrogens (tertiary/aromatic N) is 1. The molecule has 3 rings (SSSR count). The van der Waals surface area contributed by atoms with Crippen molar-refractivity contribution in [3.05, 3.63) is 71.1 Å². The number of hydrazine groups is 1. The van der Waals surface area contributed by atoms with Crippen LogP contribution in [0.1, 0.15) is 20.7 Å². The molecular weight excluding hydrogens is 326 g/mol. The molecule has 0 unspecified atom stereocenters. The molecule has 0 spiro atoms. The van der Waals surface area contributed by atoms with Gasteiger partial charge in [-0.2, -0.15) is 0 Å². The van der Waals surface area contributed by atoms with E-state index in [1.165, 1.54) is 29.5 Å². The Hall–Kier alpha value is -3.19. The van der Waals surface area contributed by atoms with Crippen LogP contribution in [0, 0.1) is 0 Å². The Morgan fingerprint density at radius 2 is 1.62 bits per heavy atom. The molecular formula is C17H12N3O3S-. The van der Waals surface area contributed by atoms with E-state index in [9.17, 15) is 14.7 Å².